The highest BCUT2D eigenvalue weighted by Gasteiger charge is 2.21. The topological polar surface area (TPSA) is 42.2 Å². The molecule has 0 bridgehead atoms. The summed E-state index contributed by atoms with van der Waals surface area (Å²) in [4.78, 5) is 12.1. The monoisotopic (exact) mass is 269 g/mol. The lowest BCUT2D eigenvalue weighted by molar-refractivity contribution is -0.122. The van der Waals surface area contributed by atoms with Crippen molar-refractivity contribution >= 4 is 5.91 Å². The number of furan rings is 1. The van der Waals surface area contributed by atoms with Gasteiger partial charge in [-0.2, -0.15) is 0 Å². The van der Waals surface area contributed by atoms with Gasteiger partial charge in [-0.05, 0) is 42.5 Å². The first-order valence-corrected chi connectivity index (χ1v) is 7.22. The average Bonchev–Trinajstić information content (AvgIpc) is 2.99. The summed E-state index contributed by atoms with van der Waals surface area (Å²) in [7, 11) is 0. The molecule has 20 heavy (non-hydrogen) atoms. The molecule has 1 aliphatic rings. The Balaban J connectivity index is 1.59. The van der Waals surface area contributed by atoms with Gasteiger partial charge in [-0.25, -0.2) is 0 Å². The molecule has 3 rings (SSSR count). The second kappa shape index (κ2) is 5.95. The summed E-state index contributed by atoms with van der Waals surface area (Å²) in [5.41, 5.74) is 2.65. The Hall–Kier alpha value is -2.03. The molecular weight excluding hydrogens is 250 g/mol. The van der Waals surface area contributed by atoms with Crippen molar-refractivity contribution in [1.82, 2.24) is 5.32 Å². The molecule has 0 aliphatic heterocycles. The summed E-state index contributed by atoms with van der Waals surface area (Å²) in [6, 6.07) is 12.3. The summed E-state index contributed by atoms with van der Waals surface area (Å²) in [6.07, 6.45) is 6.07. The number of nitrogens with one attached hydrogen (secondary N) is 1. The van der Waals surface area contributed by atoms with E-state index in [0.29, 0.717) is 12.8 Å². The minimum absolute atomic E-state index is 0.100. The summed E-state index contributed by atoms with van der Waals surface area (Å²) >= 11 is 0. The number of amides is 1. The maximum absolute atomic E-state index is 12.1. The molecule has 1 aromatic heterocycles. The van der Waals surface area contributed by atoms with Crippen LogP contribution >= 0.6 is 0 Å². The zero-order chi connectivity index (χ0) is 13.8. The maximum Gasteiger partial charge on any atom is 0.220 e. The third kappa shape index (κ3) is 2.93. The van der Waals surface area contributed by atoms with Crippen LogP contribution < -0.4 is 5.32 Å². The molecule has 1 aromatic carbocycles. The van der Waals surface area contributed by atoms with Gasteiger partial charge in [0, 0.05) is 12.8 Å². The van der Waals surface area contributed by atoms with Gasteiger partial charge >= 0.3 is 0 Å². The van der Waals surface area contributed by atoms with Crippen LogP contribution in [0.4, 0.5) is 0 Å². The molecule has 0 fully saturated rings. The number of benzene rings is 1. The Morgan fingerprint density at radius 1 is 1.25 bits per heavy atom. The van der Waals surface area contributed by atoms with Gasteiger partial charge in [0.25, 0.3) is 0 Å². The molecule has 1 aliphatic carbocycles. The highest BCUT2D eigenvalue weighted by molar-refractivity contribution is 5.76. The van der Waals surface area contributed by atoms with Crippen molar-refractivity contribution in [2.24, 2.45) is 0 Å². The van der Waals surface area contributed by atoms with E-state index >= 15 is 0 Å². The van der Waals surface area contributed by atoms with Gasteiger partial charge in [0.15, 0.2) is 0 Å². The summed E-state index contributed by atoms with van der Waals surface area (Å²) < 4.78 is 5.25. The number of carbonyl (C=O) groups excluding carboxylic acids is 1. The molecule has 104 valence electrons. The molecule has 3 nitrogen and oxygen atoms in total. The Morgan fingerprint density at radius 3 is 3.00 bits per heavy atom. The molecule has 3 heteroatoms. The first-order chi connectivity index (χ1) is 9.83. The van der Waals surface area contributed by atoms with Gasteiger partial charge in [-0.3, -0.25) is 4.79 Å². The molecule has 1 N–H and O–H groups in total. The van der Waals surface area contributed by atoms with E-state index in [-0.39, 0.29) is 11.9 Å². The van der Waals surface area contributed by atoms with E-state index in [1.807, 2.05) is 18.2 Å². The molecule has 1 heterocycles. The normalized spacial score (nSPS) is 17.5. The van der Waals surface area contributed by atoms with Crippen LogP contribution in [-0.4, -0.2) is 5.91 Å². The number of hydrogen-bond acceptors (Lipinski definition) is 2. The van der Waals surface area contributed by atoms with Crippen LogP contribution in [0.15, 0.2) is 47.1 Å². The Kier molecular flexibility index (Phi) is 3.86. The molecule has 0 saturated carbocycles. The van der Waals surface area contributed by atoms with E-state index in [4.69, 9.17) is 4.42 Å². The van der Waals surface area contributed by atoms with E-state index in [1.54, 1.807) is 6.26 Å². The molecular formula is C17H19NO2. The standard InChI is InChI=1S/C17H19NO2/c19-17(11-10-14-7-4-12-20-14)18-16-9-3-6-13-5-1-2-8-15(13)16/h1-2,4-5,7-8,12,16H,3,6,9-11H2,(H,18,19)/t16-/m1/s1. The second-order valence-electron chi connectivity index (χ2n) is 5.29. The van der Waals surface area contributed by atoms with Crippen molar-refractivity contribution in [3.63, 3.8) is 0 Å². The quantitative estimate of drug-likeness (QED) is 0.924. The average molecular weight is 269 g/mol. The Labute approximate surface area is 119 Å². The van der Waals surface area contributed by atoms with E-state index in [9.17, 15) is 4.79 Å². The smallest absolute Gasteiger partial charge is 0.220 e. The lowest BCUT2D eigenvalue weighted by Gasteiger charge is -2.26. The van der Waals surface area contributed by atoms with Crippen molar-refractivity contribution in [1.29, 1.82) is 0 Å². The summed E-state index contributed by atoms with van der Waals surface area (Å²) in [5.74, 6) is 0.965. The number of fused-ring (bicyclic) bond motifs is 1. The highest BCUT2D eigenvalue weighted by Crippen LogP contribution is 2.29. The fourth-order valence-corrected chi connectivity index (χ4v) is 2.86. The fraction of sp³-hybridized carbons (Fsp3) is 0.353. The van der Waals surface area contributed by atoms with Crippen molar-refractivity contribution in [3.8, 4) is 0 Å². The zero-order valence-corrected chi connectivity index (χ0v) is 11.5. The van der Waals surface area contributed by atoms with E-state index in [1.165, 1.54) is 11.1 Å². The van der Waals surface area contributed by atoms with E-state index in [0.717, 1.165) is 25.0 Å². The number of aryl methyl sites for hydroxylation is 2. The third-order valence-electron chi connectivity index (χ3n) is 3.88. The summed E-state index contributed by atoms with van der Waals surface area (Å²) in [6.45, 7) is 0. The van der Waals surface area contributed by atoms with E-state index in [2.05, 4.69) is 23.5 Å². The van der Waals surface area contributed by atoms with Gasteiger partial charge in [0.2, 0.25) is 5.91 Å². The van der Waals surface area contributed by atoms with E-state index < -0.39 is 0 Å². The SMILES string of the molecule is O=C(CCc1ccco1)N[C@@H]1CCCc2ccccc21. The van der Waals surface area contributed by atoms with Crippen molar-refractivity contribution in [3.05, 3.63) is 59.5 Å². The number of carbonyl (C=O) groups is 1. The third-order valence-corrected chi connectivity index (χ3v) is 3.88. The molecule has 1 atom stereocenters. The van der Waals surface area contributed by atoms with Crippen molar-refractivity contribution < 1.29 is 9.21 Å². The van der Waals surface area contributed by atoms with Crippen molar-refractivity contribution in [2.45, 2.75) is 38.1 Å². The molecule has 0 radical (unpaired) electrons. The molecule has 0 spiro atoms. The summed E-state index contributed by atoms with van der Waals surface area (Å²) in [5, 5.41) is 3.16. The lowest BCUT2D eigenvalue weighted by Crippen LogP contribution is -2.31. The largest absolute Gasteiger partial charge is 0.469 e. The van der Waals surface area contributed by atoms with Crippen LogP contribution in [0.5, 0.6) is 0 Å². The number of rotatable bonds is 4. The second-order valence-corrected chi connectivity index (χ2v) is 5.29. The molecule has 2 aromatic rings. The minimum Gasteiger partial charge on any atom is -0.469 e. The predicted molar refractivity (Wildman–Crippen MR) is 77.3 cm³/mol. The predicted octanol–water partition coefficient (Wildman–Crippen LogP) is 3.41. The molecule has 0 saturated heterocycles. The Bertz CT molecular complexity index is 574. The van der Waals surface area contributed by atoms with Crippen LogP contribution in [-0.2, 0) is 17.6 Å². The van der Waals surface area contributed by atoms with Gasteiger partial charge in [0.1, 0.15) is 5.76 Å². The maximum atomic E-state index is 12.1. The molecule has 1 amide bonds. The zero-order valence-electron chi connectivity index (χ0n) is 11.5. The van der Waals surface area contributed by atoms with Crippen molar-refractivity contribution in [2.75, 3.05) is 0 Å². The van der Waals surface area contributed by atoms with Crippen LogP contribution in [0.25, 0.3) is 0 Å². The highest BCUT2D eigenvalue weighted by atomic mass is 16.3. The van der Waals surface area contributed by atoms with Gasteiger partial charge in [0.05, 0.1) is 12.3 Å². The first kappa shape index (κ1) is 13.0. The fourth-order valence-electron chi connectivity index (χ4n) is 2.86. The van der Waals surface area contributed by atoms with Crippen LogP contribution in [0.2, 0.25) is 0 Å². The van der Waals surface area contributed by atoms with Gasteiger partial charge < -0.3 is 9.73 Å². The lowest BCUT2D eigenvalue weighted by atomic mass is 9.87. The van der Waals surface area contributed by atoms with Crippen LogP contribution in [0, 0.1) is 0 Å². The minimum atomic E-state index is 0.100. The van der Waals surface area contributed by atoms with Crippen LogP contribution in [0.3, 0.4) is 0 Å². The van der Waals surface area contributed by atoms with Crippen LogP contribution in [0.1, 0.15) is 42.2 Å². The Morgan fingerprint density at radius 2 is 2.15 bits per heavy atom. The first-order valence-electron chi connectivity index (χ1n) is 7.22. The van der Waals surface area contributed by atoms with Gasteiger partial charge in [-0.1, -0.05) is 24.3 Å². The molecule has 0 unspecified atom stereocenters. The number of hydrogen-bond donors (Lipinski definition) is 1. The van der Waals surface area contributed by atoms with Gasteiger partial charge in [-0.15, -0.1) is 0 Å².